The summed E-state index contributed by atoms with van der Waals surface area (Å²) in [6, 6.07) is 8.76. The van der Waals surface area contributed by atoms with Crippen molar-refractivity contribution in [3.05, 3.63) is 53.4 Å². The second-order valence-corrected chi connectivity index (χ2v) is 6.85. The summed E-state index contributed by atoms with van der Waals surface area (Å²) >= 11 is 0. The first-order valence-corrected chi connectivity index (χ1v) is 8.62. The summed E-state index contributed by atoms with van der Waals surface area (Å²) in [7, 11) is 0. The number of nitrogens with one attached hydrogen (secondary N) is 2. The molecule has 24 heavy (non-hydrogen) atoms. The molecule has 0 radical (unpaired) electrons. The van der Waals surface area contributed by atoms with Crippen molar-refractivity contribution in [3.8, 4) is 0 Å². The van der Waals surface area contributed by atoms with Crippen molar-refractivity contribution >= 4 is 23.2 Å². The molecule has 122 valence electrons. The van der Waals surface area contributed by atoms with Crippen molar-refractivity contribution in [3.63, 3.8) is 0 Å². The summed E-state index contributed by atoms with van der Waals surface area (Å²) in [6.45, 7) is 0. The third-order valence-electron chi connectivity index (χ3n) is 4.83. The molecule has 0 bridgehead atoms. The van der Waals surface area contributed by atoms with E-state index in [1.165, 1.54) is 0 Å². The van der Waals surface area contributed by atoms with Crippen LogP contribution in [0.25, 0.3) is 6.08 Å². The smallest absolute Gasteiger partial charge is 0.0819 e. The third kappa shape index (κ3) is 3.12. The second kappa shape index (κ2) is 6.23. The van der Waals surface area contributed by atoms with Crippen LogP contribution in [0.2, 0.25) is 0 Å². The summed E-state index contributed by atoms with van der Waals surface area (Å²) < 4.78 is 0. The summed E-state index contributed by atoms with van der Waals surface area (Å²) in [5.74, 6) is 0.375. The van der Waals surface area contributed by atoms with Gasteiger partial charge in [0.1, 0.15) is 0 Å². The first-order valence-electron chi connectivity index (χ1n) is 8.62. The van der Waals surface area contributed by atoms with E-state index in [4.69, 9.17) is 16.1 Å². The Morgan fingerprint density at radius 1 is 1.25 bits per heavy atom. The Morgan fingerprint density at radius 3 is 2.79 bits per heavy atom. The van der Waals surface area contributed by atoms with E-state index < -0.39 is 0 Å². The number of aliphatic imine (C=N–C) groups is 1. The second-order valence-electron chi connectivity index (χ2n) is 6.85. The Balaban J connectivity index is 1.65. The van der Waals surface area contributed by atoms with Gasteiger partial charge in [0, 0.05) is 47.1 Å². The van der Waals surface area contributed by atoms with Crippen molar-refractivity contribution in [2.75, 3.05) is 0 Å². The molecule has 4 rings (SSSR count). The van der Waals surface area contributed by atoms with E-state index in [2.05, 4.69) is 11.0 Å². The van der Waals surface area contributed by atoms with E-state index in [1.54, 1.807) is 0 Å². The van der Waals surface area contributed by atoms with Crippen LogP contribution in [0.4, 0.5) is 5.69 Å². The molecular weight excluding hydrogens is 296 g/mol. The van der Waals surface area contributed by atoms with Crippen LogP contribution in [0, 0.1) is 11.3 Å². The van der Waals surface area contributed by atoms with E-state index in [1.807, 2.05) is 42.6 Å². The summed E-state index contributed by atoms with van der Waals surface area (Å²) in [4.78, 5) is 4.80. The topological polar surface area (TPSA) is 74.3 Å². The molecule has 1 aromatic carbocycles. The third-order valence-corrected chi connectivity index (χ3v) is 4.83. The first kappa shape index (κ1) is 15.1. The van der Waals surface area contributed by atoms with Gasteiger partial charge in [0.05, 0.1) is 11.4 Å². The predicted octanol–water partition coefficient (Wildman–Crippen LogP) is 3.33. The van der Waals surface area contributed by atoms with Crippen LogP contribution in [0.5, 0.6) is 0 Å². The summed E-state index contributed by atoms with van der Waals surface area (Å²) in [5, 5.41) is 12.0. The molecule has 1 aliphatic heterocycles. The average Bonchev–Trinajstić information content (AvgIpc) is 3.39. The van der Waals surface area contributed by atoms with E-state index in [0.717, 1.165) is 48.2 Å². The summed E-state index contributed by atoms with van der Waals surface area (Å²) in [6.07, 6.45) is 10.0. The minimum absolute atomic E-state index is 0.312. The van der Waals surface area contributed by atoms with Crippen molar-refractivity contribution in [2.24, 2.45) is 16.6 Å². The highest BCUT2D eigenvalue weighted by Gasteiger charge is 2.31. The average molecular weight is 318 g/mol. The number of para-hydroxylation sites is 1. The summed E-state index contributed by atoms with van der Waals surface area (Å²) in [5.41, 5.74) is 13.4. The Bertz CT molecular complexity index is 786. The number of hydrogen-bond acceptors (Lipinski definition) is 4. The quantitative estimate of drug-likeness (QED) is 0.575. The van der Waals surface area contributed by atoms with Gasteiger partial charge < -0.3 is 16.5 Å². The van der Waals surface area contributed by atoms with Gasteiger partial charge in [0.2, 0.25) is 0 Å². The number of rotatable bonds is 5. The van der Waals surface area contributed by atoms with Gasteiger partial charge >= 0.3 is 0 Å². The molecule has 0 saturated heterocycles. The van der Waals surface area contributed by atoms with Gasteiger partial charge in [-0.25, -0.2) is 4.99 Å². The lowest BCUT2D eigenvalue weighted by Gasteiger charge is -2.32. The van der Waals surface area contributed by atoms with Crippen molar-refractivity contribution in [2.45, 2.75) is 37.8 Å². The maximum Gasteiger partial charge on any atom is 0.0819 e. The number of benzene rings is 1. The van der Waals surface area contributed by atoms with Crippen LogP contribution in [-0.4, -0.2) is 23.5 Å². The number of nitrogens with zero attached hydrogens (tertiary/aromatic N) is 1. The molecule has 0 atom stereocenters. The van der Waals surface area contributed by atoms with E-state index in [-0.39, 0.29) is 0 Å². The minimum atomic E-state index is 0.312. The largest absolute Gasteiger partial charge is 0.387 e. The van der Waals surface area contributed by atoms with Crippen LogP contribution in [0.3, 0.4) is 0 Å². The standard InChI is InChI=1S/C20H22N4/c21-15-10-16(11-15)23-12-17(20(22)14-8-9-14)19-7-3-5-13-4-1-2-6-18(13)24-19/h1-2,4-7,12,14-16,22-23H,8-11,21H2/b17-12-,22-20?. The highest BCUT2D eigenvalue weighted by atomic mass is 14.9. The van der Waals surface area contributed by atoms with Crippen LogP contribution in [0.1, 0.15) is 31.2 Å². The zero-order chi connectivity index (χ0) is 16.5. The van der Waals surface area contributed by atoms with Gasteiger partial charge in [-0.15, -0.1) is 5.73 Å². The Hall–Kier alpha value is -2.42. The molecule has 1 aromatic rings. The SMILES string of the molecule is N=C(/C(=C\NC1CC(N)C1)C1=Nc2ccccc2C=C=C1)C1CC1. The molecule has 2 aliphatic carbocycles. The Labute approximate surface area is 142 Å². The lowest BCUT2D eigenvalue weighted by molar-refractivity contribution is 0.317. The molecule has 4 N–H and O–H groups in total. The number of allylic oxidation sites excluding steroid dienone is 2. The Kier molecular flexibility index (Phi) is 3.93. The van der Waals surface area contributed by atoms with Crippen LogP contribution < -0.4 is 11.1 Å². The molecule has 4 nitrogen and oxygen atoms in total. The molecule has 2 fully saturated rings. The van der Waals surface area contributed by atoms with E-state index in [9.17, 15) is 0 Å². The zero-order valence-corrected chi connectivity index (χ0v) is 13.6. The molecule has 3 aliphatic rings. The molecule has 4 heteroatoms. The van der Waals surface area contributed by atoms with Gasteiger partial charge in [0.25, 0.3) is 0 Å². The van der Waals surface area contributed by atoms with Gasteiger partial charge in [-0.3, -0.25) is 0 Å². The first-order chi connectivity index (χ1) is 11.7. The Morgan fingerprint density at radius 2 is 2.04 bits per heavy atom. The minimum Gasteiger partial charge on any atom is -0.387 e. The fraction of sp³-hybridized carbons (Fsp3) is 0.350. The van der Waals surface area contributed by atoms with Crippen molar-refractivity contribution < 1.29 is 0 Å². The monoisotopic (exact) mass is 318 g/mol. The number of hydrogen-bond donors (Lipinski definition) is 3. The molecule has 1 heterocycles. The molecular formula is C20H22N4. The maximum atomic E-state index is 8.54. The van der Waals surface area contributed by atoms with Crippen LogP contribution in [0.15, 0.2) is 52.8 Å². The van der Waals surface area contributed by atoms with Gasteiger partial charge in [-0.2, -0.15) is 0 Å². The van der Waals surface area contributed by atoms with E-state index in [0.29, 0.717) is 23.7 Å². The normalized spacial score (nSPS) is 25.4. The lowest BCUT2D eigenvalue weighted by Crippen LogP contribution is -2.46. The van der Waals surface area contributed by atoms with Crippen LogP contribution in [-0.2, 0) is 0 Å². The van der Waals surface area contributed by atoms with Gasteiger partial charge in [-0.1, -0.05) is 18.2 Å². The lowest BCUT2D eigenvalue weighted by atomic mass is 9.87. The van der Waals surface area contributed by atoms with Crippen molar-refractivity contribution in [1.82, 2.24) is 5.32 Å². The molecule has 0 spiro atoms. The fourth-order valence-corrected chi connectivity index (χ4v) is 3.10. The van der Waals surface area contributed by atoms with Gasteiger partial charge in [-0.05, 0) is 37.8 Å². The highest BCUT2D eigenvalue weighted by Crippen LogP contribution is 2.34. The predicted molar refractivity (Wildman–Crippen MR) is 98.8 cm³/mol. The fourth-order valence-electron chi connectivity index (χ4n) is 3.10. The molecule has 0 amide bonds. The van der Waals surface area contributed by atoms with E-state index >= 15 is 0 Å². The number of nitrogens with two attached hydrogens (primary N) is 1. The van der Waals surface area contributed by atoms with Gasteiger partial charge in [0.15, 0.2) is 0 Å². The maximum absolute atomic E-state index is 8.54. The highest BCUT2D eigenvalue weighted by molar-refractivity contribution is 6.29. The molecule has 0 aromatic heterocycles. The molecule has 2 saturated carbocycles. The van der Waals surface area contributed by atoms with Crippen molar-refractivity contribution in [1.29, 1.82) is 5.41 Å². The number of fused-ring (bicyclic) bond motifs is 1. The molecule has 0 unspecified atom stereocenters. The zero-order valence-electron chi connectivity index (χ0n) is 13.6. The van der Waals surface area contributed by atoms with Crippen LogP contribution >= 0.6 is 0 Å².